The number of rotatable bonds is 15. The average Bonchev–Trinajstić information content (AvgIpc) is 2.39. The molecule has 0 spiro atoms. The van der Waals surface area contributed by atoms with Crippen LogP contribution in [0.3, 0.4) is 0 Å². The summed E-state index contributed by atoms with van der Waals surface area (Å²) in [6.07, 6.45) is 4.72. The molecule has 0 unspecified atom stereocenters. The van der Waals surface area contributed by atoms with E-state index in [2.05, 4.69) is 11.8 Å². The van der Waals surface area contributed by atoms with Gasteiger partial charge >= 0.3 is 0 Å². The summed E-state index contributed by atoms with van der Waals surface area (Å²) in [5.41, 5.74) is 0. The molecule has 0 amide bonds. The van der Waals surface area contributed by atoms with Gasteiger partial charge in [-0.2, -0.15) is 0 Å². The monoisotopic (exact) mass is 362 g/mol. The van der Waals surface area contributed by atoms with Gasteiger partial charge in [0.05, 0.1) is 15.7 Å². The van der Waals surface area contributed by atoms with E-state index in [1.165, 1.54) is 48.9 Å². The van der Waals surface area contributed by atoms with Crippen molar-refractivity contribution in [3.05, 3.63) is 0 Å². The van der Waals surface area contributed by atoms with Gasteiger partial charge in [0.1, 0.15) is 0 Å². The molecule has 110 valence electrons. The van der Waals surface area contributed by atoms with E-state index in [1.54, 1.807) is 0 Å². The second-order valence-corrected chi connectivity index (χ2v) is 14.3. The first kappa shape index (κ1) is 19.8. The van der Waals surface area contributed by atoms with Crippen LogP contribution in [0.2, 0.25) is 18.1 Å². The number of hydrogen-bond donors (Lipinski definition) is 1. The van der Waals surface area contributed by atoms with Crippen LogP contribution in [-0.4, -0.2) is 42.0 Å². The predicted octanol–water partition coefficient (Wildman–Crippen LogP) is 3.89. The molecule has 0 rings (SSSR count). The Morgan fingerprint density at radius 1 is 0.944 bits per heavy atom. The highest BCUT2D eigenvalue weighted by atomic mass is 33.7. The van der Waals surface area contributed by atoms with E-state index in [0.29, 0.717) is 15.7 Å². The van der Waals surface area contributed by atoms with E-state index in [-0.39, 0.29) is 9.52 Å². The van der Waals surface area contributed by atoms with Crippen LogP contribution in [-0.2, 0) is 4.89 Å². The van der Waals surface area contributed by atoms with E-state index in [0.717, 1.165) is 0 Å². The molecule has 0 aromatic carbocycles. The van der Waals surface area contributed by atoms with Crippen molar-refractivity contribution in [1.29, 1.82) is 0 Å². The lowest BCUT2D eigenvalue weighted by molar-refractivity contribution is -0.225. The quantitative estimate of drug-likeness (QED) is 0.156. The Morgan fingerprint density at radius 2 is 1.56 bits per heavy atom. The molecule has 18 heavy (non-hydrogen) atoms. The lowest BCUT2D eigenvalue weighted by Crippen LogP contribution is -2.00. The van der Waals surface area contributed by atoms with E-state index in [9.17, 15) is 0 Å². The van der Waals surface area contributed by atoms with Gasteiger partial charge in [0.25, 0.3) is 0 Å². The van der Waals surface area contributed by atoms with Crippen LogP contribution >= 0.6 is 41.2 Å². The zero-order chi connectivity index (χ0) is 13.3. The summed E-state index contributed by atoms with van der Waals surface area (Å²) in [5, 5.41) is 8.18. The van der Waals surface area contributed by atoms with Crippen molar-refractivity contribution in [3.8, 4) is 0 Å². The van der Waals surface area contributed by atoms with Gasteiger partial charge in [0.2, 0.25) is 0 Å². The largest absolute Gasteiger partial charge is 0.252 e. The molecule has 2 nitrogen and oxygen atoms in total. The first-order valence-corrected chi connectivity index (χ1v) is 15.9. The Bertz CT molecular complexity index is 142. The van der Waals surface area contributed by atoms with Crippen LogP contribution in [0.15, 0.2) is 0 Å². The Morgan fingerprint density at radius 3 is 2.11 bits per heavy atom. The molecular formula is C10H26O2S4Si2. The third-order valence-electron chi connectivity index (χ3n) is 2.42. The Labute approximate surface area is 132 Å². The molecule has 8 heteroatoms. The summed E-state index contributed by atoms with van der Waals surface area (Å²) >= 11 is 0. The molecule has 0 aromatic heterocycles. The van der Waals surface area contributed by atoms with Crippen molar-refractivity contribution in [2.45, 2.75) is 44.3 Å². The van der Waals surface area contributed by atoms with Gasteiger partial charge in [0.15, 0.2) is 0 Å². The average molecular weight is 363 g/mol. The fourth-order valence-corrected chi connectivity index (χ4v) is 10.8. The first-order valence-electron chi connectivity index (χ1n) is 6.76. The second-order valence-electron chi connectivity index (χ2n) is 4.09. The lowest BCUT2D eigenvalue weighted by Gasteiger charge is -2.01. The molecule has 0 bridgehead atoms. The summed E-state index contributed by atoms with van der Waals surface area (Å²) in [6.45, 7) is 2.30. The van der Waals surface area contributed by atoms with Crippen molar-refractivity contribution in [2.24, 2.45) is 0 Å². The highest BCUT2D eigenvalue weighted by Crippen LogP contribution is 2.43. The molecule has 0 aromatic rings. The topological polar surface area (TPSA) is 29.5 Å². The minimum atomic E-state index is -0.150. The normalized spacial score (nSPS) is 12.3. The first-order chi connectivity index (χ1) is 8.91. The second kappa shape index (κ2) is 18.8. The molecule has 0 saturated carbocycles. The summed E-state index contributed by atoms with van der Waals surface area (Å²) < 4.78 is 0. The Hall–Kier alpha value is 1.75. The summed E-state index contributed by atoms with van der Waals surface area (Å²) in [5.74, 6) is 2.57. The van der Waals surface area contributed by atoms with Gasteiger partial charge in [-0.25, -0.2) is 4.89 Å². The third kappa shape index (κ3) is 17.8. The molecule has 0 heterocycles. The standard InChI is InChI=1S/C10H26O2S4Si2/c1-2-7-17-8-3-5-13-15-16-14-6-4-9-18-10-12-11/h11H,2-10,17-18H2,1H3. The molecule has 0 aliphatic heterocycles. The van der Waals surface area contributed by atoms with Gasteiger partial charge < -0.3 is 0 Å². The fraction of sp³-hybridized carbons (Fsp3) is 1.00. The molecular weight excluding hydrogens is 337 g/mol. The zero-order valence-electron chi connectivity index (χ0n) is 11.3. The zero-order valence-corrected chi connectivity index (χ0v) is 17.4. The molecule has 0 atom stereocenters. The van der Waals surface area contributed by atoms with Crippen LogP contribution in [0.1, 0.15) is 26.2 Å². The molecule has 0 aliphatic rings. The van der Waals surface area contributed by atoms with Crippen LogP contribution in [0, 0.1) is 0 Å². The van der Waals surface area contributed by atoms with Crippen molar-refractivity contribution >= 4 is 60.3 Å². The van der Waals surface area contributed by atoms with Crippen molar-refractivity contribution < 1.29 is 10.1 Å². The maximum Gasteiger partial charge on any atom is 0.0661 e. The molecule has 0 radical (unpaired) electrons. The molecule has 0 aliphatic carbocycles. The van der Waals surface area contributed by atoms with Crippen LogP contribution in [0.25, 0.3) is 0 Å². The highest BCUT2D eigenvalue weighted by Gasteiger charge is 1.95. The summed E-state index contributed by atoms with van der Waals surface area (Å²) in [4.78, 5) is 4.09. The van der Waals surface area contributed by atoms with Gasteiger partial charge in [-0.3, -0.25) is 5.26 Å². The maximum absolute atomic E-state index is 8.18. The smallest absolute Gasteiger partial charge is 0.0661 e. The van der Waals surface area contributed by atoms with Crippen molar-refractivity contribution in [1.82, 2.24) is 0 Å². The van der Waals surface area contributed by atoms with Crippen LogP contribution in [0.4, 0.5) is 0 Å². The lowest BCUT2D eigenvalue weighted by atomic mass is 10.6. The van der Waals surface area contributed by atoms with E-state index in [4.69, 9.17) is 5.26 Å². The maximum atomic E-state index is 8.18. The van der Waals surface area contributed by atoms with Gasteiger partial charge in [-0.1, -0.05) is 53.1 Å². The molecule has 0 fully saturated rings. The molecule has 0 saturated heterocycles. The molecule has 1 N–H and O–H groups in total. The van der Waals surface area contributed by atoms with Gasteiger partial charge in [-0.05, 0) is 32.5 Å². The van der Waals surface area contributed by atoms with Crippen LogP contribution in [0.5, 0.6) is 0 Å². The minimum Gasteiger partial charge on any atom is -0.252 e. The fourth-order valence-electron chi connectivity index (χ4n) is 1.38. The van der Waals surface area contributed by atoms with Gasteiger partial charge in [0, 0.05) is 21.0 Å². The van der Waals surface area contributed by atoms with Crippen molar-refractivity contribution in [2.75, 3.05) is 17.7 Å². The third-order valence-corrected chi connectivity index (χ3v) is 12.7. The van der Waals surface area contributed by atoms with E-state index >= 15 is 0 Å². The van der Waals surface area contributed by atoms with Gasteiger partial charge in [-0.15, -0.1) is 0 Å². The highest BCUT2D eigenvalue weighted by molar-refractivity contribution is 9.26. The SMILES string of the molecule is CCC[SiH2]CCCSSSSCCC[SiH2]COO. The Balaban J connectivity index is 2.86. The number of hydrogen-bond acceptors (Lipinski definition) is 6. The minimum absolute atomic E-state index is 0.150. The van der Waals surface area contributed by atoms with E-state index in [1.807, 2.05) is 41.2 Å². The summed E-state index contributed by atoms with van der Waals surface area (Å²) in [7, 11) is 8.01. The Kier molecular flexibility index (Phi) is 20.6. The summed E-state index contributed by atoms with van der Waals surface area (Å²) in [6, 6.07) is 4.36. The van der Waals surface area contributed by atoms with Crippen molar-refractivity contribution in [3.63, 3.8) is 0 Å². The van der Waals surface area contributed by atoms with E-state index < -0.39 is 0 Å². The predicted molar refractivity (Wildman–Crippen MR) is 99.7 cm³/mol. The van der Waals surface area contributed by atoms with Crippen LogP contribution < -0.4 is 0 Å².